The Kier molecular flexibility index (Phi) is 7.09. The van der Waals surface area contributed by atoms with Gasteiger partial charge in [0.15, 0.2) is 0 Å². The third-order valence-electron chi connectivity index (χ3n) is 5.49. The van der Waals surface area contributed by atoms with E-state index < -0.39 is 5.97 Å². The van der Waals surface area contributed by atoms with E-state index in [4.69, 9.17) is 18.9 Å². The maximum Gasteiger partial charge on any atom is 0.341 e. The minimum absolute atomic E-state index is 0.263. The first-order valence-corrected chi connectivity index (χ1v) is 10.9. The van der Waals surface area contributed by atoms with Crippen LogP contribution in [0.2, 0.25) is 0 Å². The molecule has 0 radical (unpaired) electrons. The van der Waals surface area contributed by atoms with Crippen LogP contribution < -0.4 is 19.7 Å². The lowest BCUT2D eigenvalue weighted by molar-refractivity contribution is 0.0527. The average molecular weight is 453 g/mol. The maximum atomic E-state index is 12.7. The largest absolute Gasteiger partial charge is 0.496 e. The predicted molar refractivity (Wildman–Crippen MR) is 125 cm³/mol. The molecule has 0 aliphatic carbocycles. The van der Waals surface area contributed by atoms with Crippen molar-refractivity contribution in [2.45, 2.75) is 13.5 Å². The van der Waals surface area contributed by atoms with Gasteiger partial charge in [0.25, 0.3) is 0 Å². The van der Waals surface area contributed by atoms with Crippen LogP contribution in [0, 0.1) is 0 Å². The van der Waals surface area contributed by atoms with Gasteiger partial charge >= 0.3 is 5.97 Å². The molecule has 9 nitrogen and oxygen atoms in total. The Morgan fingerprint density at radius 3 is 2.61 bits per heavy atom. The first-order valence-electron chi connectivity index (χ1n) is 10.9. The molecule has 0 amide bonds. The molecule has 1 saturated heterocycles. The lowest BCUT2D eigenvalue weighted by Crippen LogP contribution is -2.36. The first kappa shape index (κ1) is 22.6. The Morgan fingerprint density at radius 2 is 1.88 bits per heavy atom. The van der Waals surface area contributed by atoms with Crippen LogP contribution in [-0.4, -0.2) is 63.1 Å². The van der Waals surface area contributed by atoms with Gasteiger partial charge in [-0.25, -0.2) is 9.78 Å². The fraction of sp³-hybridized carbons (Fsp3) is 0.375. The quantitative estimate of drug-likeness (QED) is 0.517. The number of hydrogen-bond acceptors (Lipinski definition) is 9. The van der Waals surface area contributed by atoms with Crippen molar-refractivity contribution in [3.05, 3.63) is 47.8 Å². The molecular formula is C24H28N4O5. The Balaban J connectivity index is 1.72. The van der Waals surface area contributed by atoms with Gasteiger partial charge in [-0.1, -0.05) is 0 Å². The van der Waals surface area contributed by atoms with Crippen molar-refractivity contribution < 1.29 is 23.7 Å². The fourth-order valence-corrected chi connectivity index (χ4v) is 3.86. The van der Waals surface area contributed by atoms with Gasteiger partial charge < -0.3 is 29.2 Å². The van der Waals surface area contributed by atoms with Gasteiger partial charge in [-0.2, -0.15) is 0 Å². The Morgan fingerprint density at radius 1 is 1.12 bits per heavy atom. The number of hydrogen-bond donors (Lipinski definition) is 1. The predicted octanol–water partition coefficient (Wildman–Crippen LogP) is 3.27. The number of esters is 1. The molecule has 174 valence electrons. The first-order chi connectivity index (χ1) is 16.2. The number of rotatable bonds is 8. The standard InChI is InChI=1S/C24H28N4O5/c1-4-33-24(29)17-15-27-23-19(31-3)6-5-18(30-2)21(23)22(17)26-14-16-7-8-25-20(13-16)28-9-11-32-12-10-28/h5-8,13,15H,4,9-12,14H2,1-3H3,(H,26,27). The van der Waals surface area contributed by atoms with Gasteiger partial charge in [0, 0.05) is 32.0 Å². The van der Waals surface area contributed by atoms with E-state index in [1.54, 1.807) is 39.5 Å². The second-order valence-corrected chi connectivity index (χ2v) is 7.44. The number of aromatic nitrogens is 2. The topological polar surface area (TPSA) is 95.0 Å². The summed E-state index contributed by atoms with van der Waals surface area (Å²) in [6, 6.07) is 7.58. The van der Waals surface area contributed by atoms with Crippen LogP contribution in [0.15, 0.2) is 36.7 Å². The molecule has 33 heavy (non-hydrogen) atoms. The molecule has 0 spiro atoms. The summed E-state index contributed by atoms with van der Waals surface area (Å²) in [5.41, 5.74) is 2.53. The van der Waals surface area contributed by atoms with Crippen LogP contribution >= 0.6 is 0 Å². The van der Waals surface area contributed by atoms with E-state index in [0.29, 0.717) is 53.4 Å². The van der Waals surface area contributed by atoms with E-state index in [2.05, 4.69) is 20.2 Å². The molecule has 4 rings (SSSR count). The highest BCUT2D eigenvalue weighted by Crippen LogP contribution is 2.39. The van der Waals surface area contributed by atoms with Crippen LogP contribution in [0.4, 0.5) is 11.5 Å². The number of ether oxygens (including phenoxy) is 4. The number of nitrogens with zero attached hydrogens (tertiary/aromatic N) is 3. The monoisotopic (exact) mass is 452 g/mol. The van der Waals surface area contributed by atoms with Gasteiger partial charge in [0.05, 0.1) is 45.1 Å². The van der Waals surface area contributed by atoms with Crippen LogP contribution in [-0.2, 0) is 16.0 Å². The second kappa shape index (κ2) is 10.4. The van der Waals surface area contributed by atoms with Gasteiger partial charge in [-0.05, 0) is 36.8 Å². The number of carbonyl (C=O) groups excluding carboxylic acids is 1. The third kappa shape index (κ3) is 4.78. The van der Waals surface area contributed by atoms with Crippen molar-refractivity contribution in [2.75, 3.05) is 57.3 Å². The summed E-state index contributed by atoms with van der Waals surface area (Å²) in [6.07, 6.45) is 3.30. The second-order valence-electron chi connectivity index (χ2n) is 7.44. The highest BCUT2D eigenvalue weighted by atomic mass is 16.5. The van der Waals surface area contributed by atoms with Gasteiger partial charge in [-0.15, -0.1) is 0 Å². The lowest BCUT2D eigenvalue weighted by Gasteiger charge is -2.28. The number of fused-ring (bicyclic) bond motifs is 1. The molecule has 0 bridgehead atoms. The van der Waals surface area contributed by atoms with Crippen molar-refractivity contribution in [3.63, 3.8) is 0 Å². The minimum atomic E-state index is -0.456. The summed E-state index contributed by atoms with van der Waals surface area (Å²) in [6.45, 7) is 5.50. The molecule has 0 unspecified atom stereocenters. The number of anilines is 2. The van der Waals surface area contributed by atoms with Crippen molar-refractivity contribution in [2.24, 2.45) is 0 Å². The Hall–Kier alpha value is -3.59. The van der Waals surface area contributed by atoms with E-state index in [9.17, 15) is 4.79 Å². The fourth-order valence-electron chi connectivity index (χ4n) is 3.86. The number of nitrogens with one attached hydrogen (secondary N) is 1. The highest BCUT2D eigenvalue weighted by molar-refractivity contribution is 6.08. The van der Waals surface area contributed by atoms with E-state index in [0.717, 1.165) is 24.5 Å². The molecule has 3 heterocycles. The minimum Gasteiger partial charge on any atom is -0.496 e. The van der Waals surface area contributed by atoms with Crippen molar-refractivity contribution >= 4 is 28.4 Å². The third-order valence-corrected chi connectivity index (χ3v) is 5.49. The molecule has 1 aliphatic heterocycles. The molecule has 0 saturated carbocycles. The van der Waals surface area contributed by atoms with E-state index in [1.165, 1.54) is 6.20 Å². The summed E-state index contributed by atoms with van der Waals surface area (Å²) in [5.74, 6) is 1.61. The van der Waals surface area contributed by atoms with Crippen LogP contribution in [0.3, 0.4) is 0 Å². The maximum absolute atomic E-state index is 12.7. The van der Waals surface area contributed by atoms with Crippen molar-refractivity contribution in [3.8, 4) is 11.5 Å². The number of pyridine rings is 2. The molecule has 1 aliphatic rings. The van der Waals surface area contributed by atoms with Crippen LogP contribution in [0.25, 0.3) is 10.9 Å². The van der Waals surface area contributed by atoms with Crippen LogP contribution in [0.1, 0.15) is 22.8 Å². The smallest absolute Gasteiger partial charge is 0.341 e. The molecule has 0 atom stereocenters. The zero-order valence-corrected chi connectivity index (χ0v) is 19.1. The summed E-state index contributed by atoms with van der Waals surface area (Å²) in [5, 5.41) is 4.08. The van der Waals surface area contributed by atoms with Crippen molar-refractivity contribution in [1.82, 2.24) is 9.97 Å². The van der Waals surface area contributed by atoms with Crippen LogP contribution in [0.5, 0.6) is 11.5 Å². The normalized spacial score (nSPS) is 13.6. The molecule has 2 aromatic heterocycles. The number of methoxy groups -OCH3 is 2. The number of carbonyl (C=O) groups is 1. The number of morpholine rings is 1. The van der Waals surface area contributed by atoms with Gasteiger partial charge in [0.2, 0.25) is 0 Å². The summed E-state index contributed by atoms with van der Waals surface area (Å²) < 4.78 is 21.8. The molecule has 1 N–H and O–H groups in total. The van der Waals surface area contributed by atoms with Crippen molar-refractivity contribution in [1.29, 1.82) is 0 Å². The molecule has 1 aromatic carbocycles. The SMILES string of the molecule is CCOC(=O)c1cnc2c(OC)ccc(OC)c2c1NCc1ccnc(N2CCOCC2)c1. The highest BCUT2D eigenvalue weighted by Gasteiger charge is 2.21. The molecular weight excluding hydrogens is 424 g/mol. The zero-order chi connectivity index (χ0) is 23.2. The van der Waals surface area contributed by atoms with E-state index in [1.807, 2.05) is 12.1 Å². The summed E-state index contributed by atoms with van der Waals surface area (Å²) in [4.78, 5) is 23.9. The van der Waals surface area contributed by atoms with Gasteiger partial charge in [0.1, 0.15) is 28.4 Å². The van der Waals surface area contributed by atoms with E-state index >= 15 is 0 Å². The Labute approximate surface area is 192 Å². The molecule has 1 fully saturated rings. The van der Waals surface area contributed by atoms with Gasteiger partial charge in [-0.3, -0.25) is 4.98 Å². The zero-order valence-electron chi connectivity index (χ0n) is 19.1. The van der Waals surface area contributed by atoms with E-state index in [-0.39, 0.29) is 6.61 Å². The summed E-state index contributed by atoms with van der Waals surface area (Å²) >= 11 is 0. The Bertz CT molecular complexity index is 1130. The lowest BCUT2D eigenvalue weighted by atomic mass is 10.1. The summed E-state index contributed by atoms with van der Waals surface area (Å²) in [7, 11) is 3.17. The average Bonchev–Trinajstić information content (AvgIpc) is 2.87. The molecule has 3 aromatic rings. The molecule has 9 heteroatoms. The number of benzene rings is 1.